The number of nitrogens with zero attached hydrogens (tertiary/aromatic N) is 4. The van der Waals surface area contributed by atoms with E-state index in [2.05, 4.69) is 22.1 Å². The van der Waals surface area contributed by atoms with Crippen molar-refractivity contribution in [2.45, 2.75) is 25.9 Å². The number of nitrogens with one attached hydrogen (secondary N) is 1. The summed E-state index contributed by atoms with van der Waals surface area (Å²) in [5.74, 6) is 0.0530. The number of carbonyl (C=O) groups excluding carboxylic acids is 1. The topological polar surface area (TPSA) is 66.3 Å². The summed E-state index contributed by atoms with van der Waals surface area (Å²) in [6.07, 6.45) is 4.63. The van der Waals surface area contributed by atoms with Crippen molar-refractivity contribution in [2.75, 3.05) is 0 Å². The minimum Gasteiger partial charge on any atom is -0.331 e. The molecule has 0 bridgehead atoms. The Hall–Kier alpha value is -2.93. The number of fused-ring (bicyclic) bond motifs is 2. The number of carbonyl (C=O) groups is 1. The van der Waals surface area contributed by atoms with Crippen LogP contribution >= 0.6 is 11.3 Å². The maximum Gasteiger partial charge on any atom is 0.255 e. The van der Waals surface area contributed by atoms with Gasteiger partial charge in [0.2, 0.25) is 0 Å². The Balaban J connectivity index is 1.50. The molecule has 5 rings (SSSR count). The van der Waals surface area contributed by atoms with Crippen molar-refractivity contribution in [3.63, 3.8) is 0 Å². The second-order valence-electron chi connectivity index (χ2n) is 6.65. The molecule has 130 valence electrons. The van der Waals surface area contributed by atoms with Gasteiger partial charge >= 0.3 is 0 Å². The zero-order valence-corrected chi connectivity index (χ0v) is 15.0. The molecule has 0 fully saturated rings. The highest BCUT2D eigenvalue weighted by Crippen LogP contribution is 2.31. The molecule has 1 unspecified atom stereocenters. The number of H-pyrrole nitrogens is 1. The monoisotopic (exact) mass is 363 g/mol. The van der Waals surface area contributed by atoms with Crippen LogP contribution in [0.25, 0.3) is 16.9 Å². The van der Waals surface area contributed by atoms with E-state index in [1.54, 1.807) is 16.8 Å². The number of pyridine rings is 1. The summed E-state index contributed by atoms with van der Waals surface area (Å²) >= 11 is 1.55. The van der Waals surface area contributed by atoms with Crippen molar-refractivity contribution in [3.05, 3.63) is 64.4 Å². The predicted molar refractivity (Wildman–Crippen MR) is 100 cm³/mol. The molecule has 0 saturated carbocycles. The molecule has 4 aromatic rings. The molecule has 6 nitrogen and oxygen atoms in total. The summed E-state index contributed by atoms with van der Waals surface area (Å²) in [6.45, 7) is 2.63. The average molecular weight is 363 g/mol. The van der Waals surface area contributed by atoms with Crippen LogP contribution in [0.3, 0.4) is 0 Å². The van der Waals surface area contributed by atoms with Gasteiger partial charge in [0, 0.05) is 47.0 Å². The third kappa shape index (κ3) is 2.35. The van der Waals surface area contributed by atoms with Crippen molar-refractivity contribution in [3.8, 4) is 11.4 Å². The molecule has 1 N–H and O–H groups in total. The second-order valence-corrected chi connectivity index (χ2v) is 7.37. The van der Waals surface area contributed by atoms with Crippen LogP contribution < -0.4 is 0 Å². The molecule has 0 radical (unpaired) electrons. The maximum atomic E-state index is 13.2. The quantitative estimate of drug-likeness (QED) is 0.594. The molecule has 1 amide bonds. The van der Waals surface area contributed by atoms with Gasteiger partial charge in [-0.05, 0) is 25.1 Å². The van der Waals surface area contributed by atoms with Gasteiger partial charge in [-0.2, -0.15) is 5.10 Å². The summed E-state index contributed by atoms with van der Waals surface area (Å²) in [7, 11) is 0. The normalized spacial score (nSPS) is 16.8. The molecule has 4 aromatic heterocycles. The van der Waals surface area contributed by atoms with E-state index in [1.165, 1.54) is 0 Å². The van der Waals surface area contributed by atoms with Gasteiger partial charge in [-0.3, -0.25) is 9.89 Å². The standard InChI is InChI=1S/C19H17N5OS/c1-12-6-16-15(18(22-21-16)17-10-26-11-20-17)9-24(12)19(25)13-7-14-4-2-3-5-23(14)8-13/h2-5,7-8,10-12H,6,9H2,1H3,(H,21,22). The first-order chi connectivity index (χ1) is 12.7. The van der Waals surface area contributed by atoms with Gasteiger partial charge in [0.05, 0.1) is 17.6 Å². The second kappa shape index (κ2) is 5.81. The van der Waals surface area contributed by atoms with Gasteiger partial charge in [-0.25, -0.2) is 4.98 Å². The Kier molecular flexibility index (Phi) is 3.43. The fraction of sp³-hybridized carbons (Fsp3) is 0.211. The minimum atomic E-state index is 0.0530. The minimum absolute atomic E-state index is 0.0530. The Labute approximate surface area is 154 Å². The average Bonchev–Trinajstić information content (AvgIpc) is 3.38. The number of rotatable bonds is 2. The lowest BCUT2D eigenvalue weighted by Crippen LogP contribution is -2.42. The Morgan fingerprint density at radius 3 is 3.12 bits per heavy atom. The van der Waals surface area contributed by atoms with E-state index in [0.717, 1.165) is 34.6 Å². The lowest BCUT2D eigenvalue weighted by Gasteiger charge is -2.33. The van der Waals surface area contributed by atoms with E-state index >= 15 is 0 Å². The molecule has 0 saturated heterocycles. The smallest absolute Gasteiger partial charge is 0.255 e. The van der Waals surface area contributed by atoms with Crippen LogP contribution in [-0.4, -0.2) is 36.4 Å². The Morgan fingerprint density at radius 1 is 1.38 bits per heavy atom. The van der Waals surface area contributed by atoms with Gasteiger partial charge < -0.3 is 9.30 Å². The number of hydrogen-bond donors (Lipinski definition) is 1. The highest BCUT2D eigenvalue weighted by molar-refractivity contribution is 7.07. The SMILES string of the molecule is CC1Cc2[nH]nc(-c3cscn3)c2CN1C(=O)c1cc2ccccn2c1. The van der Waals surface area contributed by atoms with Crippen LogP contribution in [-0.2, 0) is 13.0 Å². The Bertz CT molecular complexity index is 1060. The molecule has 7 heteroatoms. The van der Waals surface area contributed by atoms with Gasteiger partial charge in [-0.1, -0.05) is 6.07 Å². The molecule has 0 aliphatic carbocycles. The van der Waals surface area contributed by atoms with E-state index < -0.39 is 0 Å². The number of aromatic amines is 1. The van der Waals surface area contributed by atoms with Crippen LogP contribution in [0, 0.1) is 0 Å². The van der Waals surface area contributed by atoms with Crippen LogP contribution in [0.5, 0.6) is 0 Å². The van der Waals surface area contributed by atoms with Crippen LogP contribution in [0.2, 0.25) is 0 Å². The van der Waals surface area contributed by atoms with Crippen molar-refractivity contribution in [1.29, 1.82) is 0 Å². The van der Waals surface area contributed by atoms with E-state index in [0.29, 0.717) is 12.1 Å². The van der Waals surface area contributed by atoms with E-state index in [1.807, 2.05) is 51.3 Å². The third-order valence-electron chi connectivity index (χ3n) is 5.00. The van der Waals surface area contributed by atoms with E-state index in [4.69, 9.17) is 0 Å². The zero-order valence-electron chi connectivity index (χ0n) is 14.2. The van der Waals surface area contributed by atoms with E-state index in [9.17, 15) is 4.79 Å². The van der Waals surface area contributed by atoms with Gasteiger partial charge in [0.1, 0.15) is 11.4 Å². The third-order valence-corrected chi connectivity index (χ3v) is 5.59. The number of amides is 1. The molecule has 1 aliphatic rings. The molecule has 0 spiro atoms. The van der Waals surface area contributed by atoms with Gasteiger partial charge in [0.15, 0.2) is 0 Å². The summed E-state index contributed by atoms with van der Waals surface area (Å²) < 4.78 is 1.98. The maximum absolute atomic E-state index is 13.2. The van der Waals surface area contributed by atoms with Crippen molar-refractivity contribution in [2.24, 2.45) is 0 Å². The molecular formula is C19H17N5OS. The predicted octanol–water partition coefficient (Wildman–Crippen LogP) is 3.37. The molecule has 26 heavy (non-hydrogen) atoms. The fourth-order valence-electron chi connectivity index (χ4n) is 3.62. The largest absolute Gasteiger partial charge is 0.331 e. The first-order valence-corrected chi connectivity index (χ1v) is 9.47. The van der Waals surface area contributed by atoms with Gasteiger partial charge in [0.25, 0.3) is 5.91 Å². The summed E-state index contributed by atoms with van der Waals surface area (Å²) in [6, 6.07) is 8.00. The number of aromatic nitrogens is 4. The van der Waals surface area contributed by atoms with Crippen LogP contribution in [0.4, 0.5) is 0 Å². The van der Waals surface area contributed by atoms with Crippen molar-refractivity contribution < 1.29 is 4.79 Å². The number of thiazole rings is 1. The van der Waals surface area contributed by atoms with E-state index in [-0.39, 0.29) is 11.9 Å². The first kappa shape index (κ1) is 15.3. The Morgan fingerprint density at radius 2 is 2.31 bits per heavy atom. The summed E-state index contributed by atoms with van der Waals surface area (Å²) in [5.41, 5.74) is 7.44. The lowest BCUT2D eigenvalue weighted by molar-refractivity contribution is 0.0658. The lowest BCUT2D eigenvalue weighted by atomic mass is 9.98. The fourth-order valence-corrected chi connectivity index (χ4v) is 4.16. The summed E-state index contributed by atoms with van der Waals surface area (Å²) in [4.78, 5) is 19.5. The molecule has 0 aromatic carbocycles. The highest BCUT2D eigenvalue weighted by Gasteiger charge is 2.31. The zero-order chi connectivity index (χ0) is 17.7. The first-order valence-electron chi connectivity index (χ1n) is 8.53. The highest BCUT2D eigenvalue weighted by atomic mass is 32.1. The van der Waals surface area contributed by atoms with Gasteiger partial charge in [-0.15, -0.1) is 11.3 Å². The molecule has 5 heterocycles. The van der Waals surface area contributed by atoms with Crippen molar-refractivity contribution in [1.82, 2.24) is 24.5 Å². The molecule has 1 atom stereocenters. The molecule has 1 aliphatic heterocycles. The van der Waals surface area contributed by atoms with Crippen LogP contribution in [0.1, 0.15) is 28.5 Å². The van der Waals surface area contributed by atoms with Crippen LogP contribution in [0.15, 0.2) is 47.5 Å². The number of hydrogen-bond acceptors (Lipinski definition) is 4. The van der Waals surface area contributed by atoms with Crippen molar-refractivity contribution >= 4 is 22.8 Å². The summed E-state index contributed by atoms with van der Waals surface area (Å²) in [5, 5.41) is 9.58. The molecular weight excluding hydrogens is 346 g/mol.